The minimum absolute atomic E-state index is 0.00118. The fourth-order valence-corrected chi connectivity index (χ4v) is 6.84. The number of aromatic nitrogens is 1. The van der Waals surface area contributed by atoms with Gasteiger partial charge in [-0.3, -0.25) is 10.1 Å². The maximum absolute atomic E-state index is 13.4. The standard InChI is InChI=1S/C27H32N4O6S2/c1-31(2)13-14-36-19-7-12-23-24(16-19)38-27(28-23)29-26(33)25(30-37-20-6-5-18(32)15-20)17-3-8-21(9-4-17)39(34,35)22-10-11-22/h3-4,7-9,12,16,18,20,22,32H,5-6,10-11,13-15H2,1-2H3,(H,28,29,33)/b30-25+/t18-,20-/m1/s1. The molecule has 5 rings (SSSR count). The summed E-state index contributed by atoms with van der Waals surface area (Å²) in [6.45, 7) is 1.35. The second-order valence-electron chi connectivity index (χ2n) is 10.2. The van der Waals surface area contributed by atoms with Crippen LogP contribution in [-0.2, 0) is 19.5 Å². The van der Waals surface area contributed by atoms with E-state index in [1.54, 1.807) is 12.1 Å². The number of hydrogen-bond donors (Lipinski definition) is 2. The molecule has 0 radical (unpaired) electrons. The molecule has 2 aliphatic rings. The second kappa shape index (κ2) is 11.6. The van der Waals surface area contributed by atoms with Gasteiger partial charge in [-0.05, 0) is 70.1 Å². The van der Waals surface area contributed by atoms with Crippen LogP contribution in [-0.4, -0.2) is 79.7 Å². The highest BCUT2D eigenvalue weighted by atomic mass is 32.2. The molecule has 0 unspecified atom stereocenters. The number of nitrogens with one attached hydrogen (secondary N) is 1. The summed E-state index contributed by atoms with van der Waals surface area (Å²) in [4.78, 5) is 25.8. The molecular weight excluding hydrogens is 540 g/mol. The van der Waals surface area contributed by atoms with Gasteiger partial charge >= 0.3 is 0 Å². The molecule has 0 aliphatic heterocycles. The molecule has 3 aromatic rings. The van der Waals surface area contributed by atoms with E-state index in [-0.39, 0.29) is 22.0 Å². The number of likely N-dealkylation sites (N-methyl/N-ethyl adjacent to an activating group) is 1. The number of thiazole rings is 1. The quantitative estimate of drug-likeness (QED) is 0.264. The van der Waals surface area contributed by atoms with Gasteiger partial charge in [0.1, 0.15) is 18.5 Å². The Morgan fingerprint density at radius 2 is 1.92 bits per heavy atom. The van der Waals surface area contributed by atoms with Crippen molar-refractivity contribution in [3.05, 3.63) is 48.0 Å². The van der Waals surface area contributed by atoms with Crippen LogP contribution in [0.3, 0.4) is 0 Å². The maximum atomic E-state index is 13.4. The van der Waals surface area contributed by atoms with Crippen LogP contribution in [0.25, 0.3) is 10.2 Å². The predicted octanol–water partition coefficient (Wildman–Crippen LogP) is 3.45. The normalized spacial score (nSPS) is 19.9. The first kappa shape index (κ1) is 27.5. The molecule has 2 N–H and O–H groups in total. The third kappa shape index (κ3) is 6.75. The van der Waals surface area contributed by atoms with Crippen LogP contribution in [0, 0.1) is 0 Å². The Balaban J connectivity index is 1.35. The van der Waals surface area contributed by atoms with Gasteiger partial charge in [-0.2, -0.15) is 0 Å². The molecule has 2 fully saturated rings. The predicted molar refractivity (Wildman–Crippen MR) is 150 cm³/mol. The molecule has 0 bridgehead atoms. The molecule has 2 aliphatic carbocycles. The van der Waals surface area contributed by atoms with Crippen LogP contribution in [0.5, 0.6) is 5.75 Å². The number of carbonyl (C=O) groups excluding carboxylic acids is 1. The number of carbonyl (C=O) groups is 1. The zero-order valence-corrected chi connectivity index (χ0v) is 23.5. The van der Waals surface area contributed by atoms with Gasteiger partial charge in [0.2, 0.25) is 0 Å². The number of amides is 1. The largest absolute Gasteiger partial charge is 0.492 e. The molecule has 10 nitrogen and oxygen atoms in total. The Hall–Kier alpha value is -3.06. The maximum Gasteiger partial charge on any atom is 0.280 e. The zero-order chi connectivity index (χ0) is 27.6. The Morgan fingerprint density at radius 3 is 2.59 bits per heavy atom. The third-order valence-corrected chi connectivity index (χ3v) is 9.88. The highest BCUT2D eigenvalue weighted by molar-refractivity contribution is 7.92. The van der Waals surface area contributed by atoms with Crippen LogP contribution >= 0.6 is 11.3 Å². The molecule has 0 spiro atoms. The molecule has 2 saturated carbocycles. The molecular formula is C27H32N4O6S2. The van der Waals surface area contributed by atoms with Crippen LogP contribution in [0.15, 0.2) is 52.5 Å². The van der Waals surface area contributed by atoms with Crippen LogP contribution in [0.4, 0.5) is 5.13 Å². The highest BCUT2D eigenvalue weighted by Gasteiger charge is 2.37. The summed E-state index contributed by atoms with van der Waals surface area (Å²) >= 11 is 1.31. The number of sulfone groups is 1. The lowest BCUT2D eigenvalue weighted by atomic mass is 10.1. The number of rotatable bonds is 11. The average Bonchev–Trinajstić information content (AvgIpc) is 3.58. The van der Waals surface area contributed by atoms with Gasteiger partial charge in [0.25, 0.3) is 5.91 Å². The van der Waals surface area contributed by atoms with E-state index >= 15 is 0 Å². The van der Waals surface area contributed by atoms with E-state index in [0.717, 1.165) is 22.5 Å². The third-order valence-electron chi connectivity index (χ3n) is 6.67. The lowest BCUT2D eigenvalue weighted by Crippen LogP contribution is -2.25. The number of aliphatic hydroxyl groups is 1. The van der Waals surface area contributed by atoms with Crippen molar-refractivity contribution >= 4 is 48.1 Å². The topological polar surface area (TPSA) is 130 Å². The lowest BCUT2D eigenvalue weighted by Gasteiger charge is -2.11. The van der Waals surface area contributed by atoms with Gasteiger partial charge in [-0.15, -0.1) is 0 Å². The Bertz CT molecular complexity index is 1470. The number of ether oxygens (including phenoxy) is 1. The van der Waals surface area contributed by atoms with Gasteiger partial charge in [0.15, 0.2) is 20.7 Å². The Labute approximate surface area is 231 Å². The molecule has 208 valence electrons. The molecule has 1 heterocycles. The first-order valence-corrected chi connectivity index (χ1v) is 15.3. The number of nitrogens with zero attached hydrogens (tertiary/aromatic N) is 3. The van der Waals surface area contributed by atoms with E-state index in [2.05, 4.69) is 15.5 Å². The summed E-state index contributed by atoms with van der Waals surface area (Å²) in [5, 5.41) is 16.8. The van der Waals surface area contributed by atoms with Crippen LogP contribution in [0.2, 0.25) is 0 Å². The molecule has 1 aromatic heterocycles. The summed E-state index contributed by atoms with van der Waals surface area (Å²) in [5.74, 6) is 0.189. The van der Waals surface area contributed by atoms with Crippen molar-refractivity contribution in [2.75, 3.05) is 32.6 Å². The Morgan fingerprint density at radius 1 is 1.15 bits per heavy atom. The van der Waals surface area contributed by atoms with E-state index < -0.39 is 21.8 Å². The highest BCUT2D eigenvalue weighted by Crippen LogP contribution is 2.34. The number of anilines is 1. The SMILES string of the molecule is CN(C)CCOc1ccc2nc(NC(=O)/C(=N/O[C@@H]3CC[C@@H](O)C3)c3ccc(S(=O)(=O)C4CC4)cc3)sc2c1. The number of hydrogen-bond acceptors (Lipinski definition) is 10. The summed E-state index contributed by atoms with van der Waals surface area (Å²) in [5.41, 5.74) is 1.14. The number of oxime groups is 1. The minimum Gasteiger partial charge on any atom is -0.492 e. The van der Waals surface area contributed by atoms with Crippen molar-refractivity contribution < 1.29 is 27.9 Å². The van der Waals surface area contributed by atoms with E-state index in [1.807, 2.05) is 37.2 Å². The van der Waals surface area contributed by atoms with Crippen LogP contribution < -0.4 is 10.1 Å². The molecule has 12 heteroatoms. The van der Waals surface area contributed by atoms with E-state index in [1.165, 1.54) is 23.5 Å². The van der Waals surface area contributed by atoms with Gasteiger partial charge in [0.05, 0.1) is 26.5 Å². The monoisotopic (exact) mass is 572 g/mol. The number of benzene rings is 2. The van der Waals surface area contributed by atoms with Crippen molar-refractivity contribution in [2.45, 2.75) is 54.5 Å². The summed E-state index contributed by atoms with van der Waals surface area (Å²) in [6, 6.07) is 11.7. The zero-order valence-electron chi connectivity index (χ0n) is 21.9. The van der Waals surface area contributed by atoms with Gasteiger partial charge < -0.3 is 19.6 Å². The first-order valence-electron chi connectivity index (χ1n) is 12.9. The van der Waals surface area contributed by atoms with E-state index in [4.69, 9.17) is 9.57 Å². The fraction of sp³-hybridized carbons (Fsp3) is 0.444. The lowest BCUT2D eigenvalue weighted by molar-refractivity contribution is -0.110. The molecule has 1 amide bonds. The van der Waals surface area contributed by atoms with E-state index in [0.29, 0.717) is 49.4 Å². The van der Waals surface area contributed by atoms with Crippen molar-refractivity contribution in [1.82, 2.24) is 9.88 Å². The molecule has 2 aromatic carbocycles. The van der Waals surface area contributed by atoms with Crippen LogP contribution in [0.1, 0.15) is 37.7 Å². The minimum atomic E-state index is -3.36. The summed E-state index contributed by atoms with van der Waals surface area (Å²) in [6.07, 6.45) is 2.28. The van der Waals surface area contributed by atoms with E-state index in [9.17, 15) is 18.3 Å². The summed E-state index contributed by atoms with van der Waals surface area (Å²) in [7, 11) is 0.604. The molecule has 39 heavy (non-hydrogen) atoms. The smallest absolute Gasteiger partial charge is 0.280 e. The van der Waals surface area contributed by atoms with Crippen molar-refractivity contribution in [3.63, 3.8) is 0 Å². The average molecular weight is 573 g/mol. The summed E-state index contributed by atoms with van der Waals surface area (Å²) < 4.78 is 31.9. The van der Waals surface area contributed by atoms with Crippen molar-refractivity contribution in [3.8, 4) is 5.75 Å². The second-order valence-corrected chi connectivity index (χ2v) is 13.4. The molecule has 0 saturated heterocycles. The molecule has 2 atom stereocenters. The Kier molecular flexibility index (Phi) is 8.17. The van der Waals surface area contributed by atoms with Gasteiger partial charge in [-0.1, -0.05) is 28.6 Å². The van der Waals surface area contributed by atoms with Gasteiger partial charge in [-0.25, -0.2) is 13.4 Å². The number of fused-ring (bicyclic) bond motifs is 1. The van der Waals surface area contributed by atoms with Crippen molar-refractivity contribution in [1.29, 1.82) is 0 Å². The van der Waals surface area contributed by atoms with Gasteiger partial charge in [0, 0.05) is 18.5 Å². The van der Waals surface area contributed by atoms with Crippen molar-refractivity contribution in [2.24, 2.45) is 5.16 Å². The fourth-order valence-electron chi connectivity index (χ4n) is 4.29. The first-order chi connectivity index (χ1) is 18.7. The number of aliphatic hydroxyl groups excluding tert-OH is 1.